The molecule has 0 spiro atoms. The third kappa shape index (κ3) is 3.45. The van der Waals surface area contributed by atoms with Gasteiger partial charge in [-0.15, -0.1) is 0 Å². The number of benzene rings is 1. The zero-order valence-corrected chi connectivity index (χ0v) is 14.9. The molecule has 1 aromatic carbocycles. The quantitative estimate of drug-likeness (QED) is 0.818. The number of hydrogen-bond acceptors (Lipinski definition) is 5. The van der Waals surface area contributed by atoms with Crippen molar-refractivity contribution in [3.8, 4) is 0 Å². The van der Waals surface area contributed by atoms with E-state index in [0.29, 0.717) is 31.9 Å². The van der Waals surface area contributed by atoms with E-state index in [1.807, 2.05) is 6.07 Å². The molecule has 138 valence electrons. The summed E-state index contributed by atoms with van der Waals surface area (Å²) in [5, 5.41) is 6.96. The second-order valence-corrected chi connectivity index (χ2v) is 8.29. The number of carbonyl (C=O) groups is 1. The predicted molar refractivity (Wildman–Crippen MR) is 94.3 cm³/mol. The molecule has 2 atom stereocenters. The molecule has 0 saturated carbocycles. The maximum Gasteiger partial charge on any atom is 0.265 e. The van der Waals surface area contributed by atoms with Crippen LogP contribution in [0, 0.1) is 0 Å². The van der Waals surface area contributed by atoms with Crippen LogP contribution >= 0.6 is 0 Å². The fourth-order valence-corrected chi connectivity index (χ4v) is 4.29. The van der Waals surface area contributed by atoms with Crippen molar-refractivity contribution in [2.24, 2.45) is 0 Å². The molecule has 2 saturated heterocycles. The highest BCUT2D eigenvalue weighted by Gasteiger charge is 2.25. The molecule has 8 nitrogen and oxygen atoms in total. The molecule has 2 N–H and O–H groups in total. The largest absolute Gasteiger partial charge is 0.379 e. The van der Waals surface area contributed by atoms with E-state index in [9.17, 15) is 13.2 Å². The molecule has 0 radical (unpaired) electrons. The van der Waals surface area contributed by atoms with Crippen LogP contribution in [0.15, 0.2) is 41.6 Å². The SMILES string of the molecule is O=C1CC(c2cccc(NS(=O)(=O)c3cnn(C4CCOC4)c3)c2)CN1. The van der Waals surface area contributed by atoms with Gasteiger partial charge in [0.25, 0.3) is 10.0 Å². The lowest BCUT2D eigenvalue weighted by Gasteiger charge is -2.11. The van der Waals surface area contributed by atoms with E-state index in [4.69, 9.17) is 4.74 Å². The smallest absolute Gasteiger partial charge is 0.265 e. The van der Waals surface area contributed by atoms with E-state index >= 15 is 0 Å². The van der Waals surface area contributed by atoms with Gasteiger partial charge in [0, 0.05) is 37.4 Å². The number of rotatable bonds is 5. The first-order chi connectivity index (χ1) is 12.5. The van der Waals surface area contributed by atoms with Crippen LogP contribution < -0.4 is 10.0 Å². The van der Waals surface area contributed by atoms with Gasteiger partial charge in [-0.05, 0) is 24.1 Å². The molecule has 1 aromatic heterocycles. The van der Waals surface area contributed by atoms with Gasteiger partial charge >= 0.3 is 0 Å². The number of sulfonamides is 1. The molecule has 2 aliphatic rings. The van der Waals surface area contributed by atoms with Crippen LogP contribution in [-0.4, -0.2) is 43.9 Å². The van der Waals surface area contributed by atoms with Crippen LogP contribution in [-0.2, 0) is 19.6 Å². The highest BCUT2D eigenvalue weighted by Crippen LogP contribution is 2.26. The fraction of sp³-hybridized carbons (Fsp3) is 0.412. The van der Waals surface area contributed by atoms with Crippen molar-refractivity contribution >= 4 is 21.6 Å². The Morgan fingerprint density at radius 2 is 2.23 bits per heavy atom. The van der Waals surface area contributed by atoms with Crippen LogP contribution in [0.25, 0.3) is 0 Å². The molecular weight excluding hydrogens is 356 g/mol. The topological polar surface area (TPSA) is 102 Å². The lowest BCUT2D eigenvalue weighted by Crippen LogP contribution is -2.14. The number of amides is 1. The maximum absolute atomic E-state index is 12.7. The molecule has 2 aliphatic heterocycles. The third-order valence-electron chi connectivity index (χ3n) is 4.76. The van der Waals surface area contributed by atoms with Crippen LogP contribution in [0.4, 0.5) is 5.69 Å². The van der Waals surface area contributed by atoms with E-state index < -0.39 is 10.0 Å². The Morgan fingerprint density at radius 3 is 2.96 bits per heavy atom. The number of carbonyl (C=O) groups excluding carboxylic acids is 1. The Balaban J connectivity index is 1.51. The van der Waals surface area contributed by atoms with Gasteiger partial charge in [0.1, 0.15) is 4.90 Å². The fourth-order valence-electron chi connectivity index (χ4n) is 3.30. The van der Waals surface area contributed by atoms with Gasteiger partial charge in [-0.1, -0.05) is 12.1 Å². The molecule has 26 heavy (non-hydrogen) atoms. The number of hydrogen-bond donors (Lipinski definition) is 2. The molecule has 3 heterocycles. The van der Waals surface area contributed by atoms with Crippen molar-refractivity contribution in [1.29, 1.82) is 0 Å². The third-order valence-corrected chi connectivity index (χ3v) is 6.09. The minimum Gasteiger partial charge on any atom is -0.379 e. The lowest BCUT2D eigenvalue weighted by atomic mass is 9.98. The van der Waals surface area contributed by atoms with E-state index in [1.165, 1.54) is 12.4 Å². The summed E-state index contributed by atoms with van der Waals surface area (Å²) in [5.74, 6) is 0.0846. The minimum atomic E-state index is -3.73. The van der Waals surface area contributed by atoms with Crippen LogP contribution in [0.2, 0.25) is 0 Å². The standard InChI is InChI=1S/C17H20N4O4S/c22-17-7-13(8-18-17)12-2-1-3-14(6-12)20-26(23,24)16-9-19-21(10-16)15-4-5-25-11-15/h1-3,6,9-10,13,15,20H,4-5,7-8,11H2,(H,18,22). The number of aromatic nitrogens is 2. The summed E-state index contributed by atoms with van der Waals surface area (Å²) in [6, 6.07) is 7.24. The first-order valence-electron chi connectivity index (χ1n) is 8.53. The zero-order valence-electron chi connectivity index (χ0n) is 14.1. The van der Waals surface area contributed by atoms with E-state index in [2.05, 4.69) is 15.1 Å². The van der Waals surface area contributed by atoms with Crippen LogP contribution in [0.1, 0.15) is 30.4 Å². The molecule has 2 fully saturated rings. The Morgan fingerprint density at radius 1 is 1.35 bits per heavy atom. The normalized spacial score (nSPS) is 23.2. The molecule has 4 rings (SSSR count). The first-order valence-corrected chi connectivity index (χ1v) is 10.0. The van der Waals surface area contributed by atoms with Crippen molar-refractivity contribution in [2.75, 3.05) is 24.5 Å². The highest BCUT2D eigenvalue weighted by molar-refractivity contribution is 7.92. The maximum atomic E-state index is 12.7. The van der Waals surface area contributed by atoms with Gasteiger partial charge in [-0.25, -0.2) is 8.42 Å². The Bertz CT molecular complexity index is 918. The number of ether oxygens (including phenoxy) is 1. The van der Waals surface area contributed by atoms with E-state index in [1.54, 1.807) is 22.9 Å². The minimum absolute atomic E-state index is 0.0179. The average Bonchev–Trinajstić information content (AvgIpc) is 3.35. The summed E-state index contributed by atoms with van der Waals surface area (Å²) < 4.78 is 34.9. The summed E-state index contributed by atoms with van der Waals surface area (Å²) in [5.41, 5.74) is 1.40. The summed E-state index contributed by atoms with van der Waals surface area (Å²) in [6.07, 6.45) is 4.13. The second kappa shape index (κ2) is 6.73. The number of nitrogens with zero attached hydrogens (tertiary/aromatic N) is 2. The summed E-state index contributed by atoms with van der Waals surface area (Å²) in [6.45, 7) is 1.78. The zero-order chi connectivity index (χ0) is 18.1. The number of nitrogens with one attached hydrogen (secondary N) is 2. The summed E-state index contributed by atoms with van der Waals surface area (Å²) >= 11 is 0. The van der Waals surface area contributed by atoms with Crippen molar-refractivity contribution in [3.05, 3.63) is 42.2 Å². The Hall–Kier alpha value is -2.39. The van der Waals surface area contributed by atoms with Crippen LogP contribution in [0.3, 0.4) is 0 Å². The van der Waals surface area contributed by atoms with Gasteiger partial charge in [-0.2, -0.15) is 5.10 Å². The van der Waals surface area contributed by atoms with Crippen molar-refractivity contribution in [1.82, 2.24) is 15.1 Å². The summed E-state index contributed by atoms with van der Waals surface area (Å²) in [7, 11) is -3.73. The van der Waals surface area contributed by atoms with Gasteiger partial charge in [0.05, 0.1) is 18.8 Å². The lowest BCUT2D eigenvalue weighted by molar-refractivity contribution is -0.119. The van der Waals surface area contributed by atoms with E-state index in [0.717, 1.165) is 12.0 Å². The van der Waals surface area contributed by atoms with Gasteiger partial charge in [-0.3, -0.25) is 14.2 Å². The van der Waals surface area contributed by atoms with Crippen molar-refractivity contribution < 1.29 is 17.9 Å². The second-order valence-electron chi connectivity index (χ2n) is 6.61. The molecule has 0 bridgehead atoms. The van der Waals surface area contributed by atoms with Crippen LogP contribution in [0.5, 0.6) is 0 Å². The molecule has 9 heteroatoms. The molecule has 2 unspecified atom stereocenters. The van der Waals surface area contributed by atoms with Crippen molar-refractivity contribution in [2.45, 2.75) is 29.7 Å². The van der Waals surface area contributed by atoms with Crippen molar-refractivity contribution in [3.63, 3.8) is 0 Å². The molecule has 1 amide bonds. The predicted octanol–water partition coefficient (Wildman–Crippen LogP) is 1.25. The highest BCUT2D eigenvalue weighted by atomic mass is 32.2. The summed E-state index contributed by atoms with van der Waals surface area (Å²) in [4.78, 5) is 11.5. The molecule has 2 aromatic rings. The van der Waals surface area contributed by atoms with Gasteiger partial charge < -0.3 is 10.1 Å². The monoisotopic (exact) mass is 376 g/mol. The number of anilines is 1. The van der Waals surface area contributed by atoms with Gasteiger partial charge in [0.2, 0.25) is 5.91 Å². The Labute approximate surface area is 151 Å². The van der Waals surface area contributed by atoms with Gasteiger partial charge in [0.15, 0.2) is 0 Å². The van der Waals surface area contributed by atoms with E-state index in [-0.39, 0.29) is 22.8 Å². The molecular formula is C17H20N4O4S. The average molecular weight is 376 g/mol. The first kappa shape index (κ1) is 17.0. The molecule has 0 aliphatic carbocycles. The Kier molecular flexibility index (Phi) is 4.41.